The first-order chi connectivity index (χ1) is 12.4. The number of carbonyl (C=O) groups excluding carboxylic acids is 1. The van der Waals surface area contributed by atoms with Gasteiger partial charge >= 0.3 is 0 Å². The number of amides is 1. The zero-order valence-corrected chi connectivity index (χ0v) is 16.2. The average molecular weight is 358 g/mol. The number of hydrogen-bond donors (Lipinski definition) is 2. The Morgan fingerprint density at radius 1 is 1.35 bits per heavy atom. The van der Waals surface area contributed by atoms with E-state index in [0.29, 0.717) is 24.9 Å². The summed E-state index contributed by atoms with van der Waals surface area (Å²) < 4.78 is 0. The van der Waals surface area contributed by atoms with Gasteiger partial charge in [-0.1, -0.05) is 6.92 Å². The minimum atomic E-state index is -0.359. The lowest BCUT2D eigenvalue weighted by molar-refractivity contribution is -0.121. The van der Waals surface area contributed by atoms with Crippen LogP contribution in [0.5, 0.6) is 0 Å². The van der Waals surface area contributed by atoms with Gasteiger partial charge in [0.2, 0.25) is 5.91 Å². The molecule has 1 amide bonds. The smallest absolute Gasteiger partial charge is 0.266 e. The molecule has 0 aliphatic carbocycles. The molecule has 26 heavy (non-hydrogen) atoms. The Balaban J connectivity index is 1.74. The summed E-state index contributed by atoms with van der Waals surface area (Å²) >= 11 is 0. The molecule has 0 spiro atoms. The van der Waals surface area contributed by atoms with Crippen LogP contribution < -0.4 is 10.9 Å². The lowest BCUT2D eigenvalue weighted by atomic mass is 9.99. The molecule has 6 heteroatoms. The van der Waals surface area contributed by atoms with Crippen LogP contribution in [0.4, 0.5) is 0 Å². The minimum Gasteiger partial charge on any atom is -0.356 e. The zero-order chi connectivity index (χ0) is 19.1. The molecule has 1 aromatic rings. The van der Waals surface area contributed by atoms with Crippen molar-refractivity contribution in [3.05, 3.63) is 32.7 Å². The number of H-pyrrole nitrogens is 1. The monoisotopic (exact) mass is 358 g/mol. The van der Waals surface area contributed by atoms with E-state index in [4.69, 9.17) is 5.26 Å². The molecule has 1 aromatic heterocycles. The van der Waals surface area contributed by atoms with Gasteiger partial charge in [-0.25, -0.2) is 0 Å². The average Bonchev–Trinajstić information content (AvgIpc) is 2.60. The van der Waals surface area contributed by atoms with Crippen LogP contribution in [-0.2, 0) is 11.2 Å². The Morgan fingerprint density at radius 3 is 2.69 bits per heavy atom. The normalized spacial score (nSPS) is 15.6. The van der Waals surface area contributed by atoms with Gasteiger partial charge in [0.25, 0.3) is 5.56 Å². The van der Waals surface area contributed by atoms with Gasteiger partial charge in [0, 0.05) is 18.7 Å². The van der Waals surface area contributed by atoms with Crippen molar-refractivity contribution in [2.24, 2.45) is 5.92 Å². The number of nitrogens with one attached hydrogen (secondary N) is 2. The number of carbonyl (C=O) groups is 1. The summed E-state index contributed by atoms with van der Waals surface area (Å²) in [5.41, 5.74) is 2.09. The fourth-order valence-electron chi connectivity index (χ4n) is 3.56. The van der Waals surface area contributed by atoms with Gasteiger partial charge in [0.1, 0.15) is 11.6 Å². The third-order valence-electron chi connectivity index (χ3n) is 5.37. The van der Waals surface area contributed by atoms with Crippen molar-refractivity contribution in [1.29, 1.82) is 5.26 Å². The summed E-state index contributed by atoms with van der Waals surface area (Å²) in [6.07, 6.45) is 4.40. The number of hydrogen-bond acceptors (Lipinski definition) is 4. The number of nitriles is 1. The molecule has 1 aliphatic heterocycles. The first kappa shape index (κ1) is 20.2. The van der Waals surface area contributed by atoms with Crippen molar-refractivity contribution in [2.75, 3.05) is 26.2 Å². The maximum Gasteiger partial charge on any atom is 0.266 e. The first-order valence-corrected chi connectivity index (χ1v) is 9.54. The van der Waals surface area contributed by atoms with Crippen molar-refractivity contribution < 1.29 is 4.79 Å². The lowest BCUT2D eigenvalue weighted by Crippen LogP contribution is -2.35. The van der Waals surface area contributed by atoms with E-state index in [2.05, 4.69) is 22.1 Å². The van der Waals surface area contributed by atoms with Gasteiger partial charge in [0.05, 0.1) is 0 Å². The number of nitrogens with zero attached hydrogens (tertiary/aromatic N) is 2. The second-order valence-electron chi connectivity index (χ2n) is 7.40. The van der Waals surface area contributed by atoms with Gasteiger partial charge < -0.3 is 15.2 Å². The quantitative estimate of drug-likeness (QED) is 0.730. The van der Waals surface area contributed by atoms with Gasteiger partial charge in [0.15, 0.2) is 0 Å². The molecule has 0 aromatic carbocycles. The fraction of sp³-hybridized carbons (Fsp3) is 0.650. The third kappa shape index (κ3) is 5.43. The molecule has 2 heterocycles. The van der Waals surface area contributed by atoms with Gasteiger partial charge in [-0.05, 0) is 76.2 Å². The third-order valence-corrected chi connectivity index (χ3v) is 5.37. The second kappa shape index (κ2) is 9.54. The Hall–Kier alpha value is -2.13. The molecule has 142 valence electrons. The number of pyridine rings is 1. The van der Waals surface area contributed by atoms with Crippen molar-refractivity contribution in [3.63, 3.8) is 0 Å². The van der Waals surface area contributed by atoms with E-state index in [1.807, 2.05) is 13.0 Å². The van der Waals surface area contributed by atoms with Crippen molar-refractivity contribution in [3.8, 4) is 6.07 Å². The highest BCUT2D eigenvalue weighted by Gasteiger charge is 2.15. The van der Waals surface area contributed by atoms with E-state index in [1.54, 1.807) is 6.92 Å². The highest BCUT2D eigenvalue weighted by molar-refractivity contribution is 5.76. The molecule has 2 N–H and O–H groups in total. The Kier molecular flexibility index (Phi) is 7.40. The highest BCUT2D eigenvalue weighted by Crippen LogP contribution is 2.16. The molecular weight excluding hydrogens is 328 g/mol. The molecule has 0 bridgehead atoms. The summed E-state index contributed by atoms with van der Waals surface area (Å²) in [5, 5.41) is 12.1. The minimum absolute atomic E-state index is 0.0146. The molecular formula is C20H30N4O2. The molecule has 0 atom stereocenters. The Bertz CT molecular complexity index is 725. The largest absolute Gasteiger partial charge is 0.356 e. The molecule has 0 saturated carbocycles. The maximum absolute atomic E-state index is 12.1. The van der Waals surface area contributed by atoms with Crippen molar-refractivity contribution in [1.82, 2.24) is 15.2 Å². The summed E-state index contributed by atoms with van der Waals surface area (Å²) in [4.78, 5) is 29.0. The molecule has 2 rings (SSSR count). The van der Waals surface area contributed by atoms with Crippen LogP contribution in [0.2, 0.25) is 0 Å². The van der Waals surface area contributed by atoms with Crippen LogP contribution in [0.15, 0.2) is 4.79 Å². The van der Waals surface area contributed by atoms with Gasteiger partial charge in [-0.15, -0.1) is 0 Å². The molecule has 6 nitrogen and oxygen atoms in total. The molecule has 0 unspecified atom stereocenters. The maximum atomic E-state index is 12.1. The molecule has 1 saturated heterocycles. The Labute approximate surface area is 155 Å². The van der Waals surface area contributed by atoms with Gasteiger partial charge in [-0.2, -0.15) is 5.26 Å². The predicted molar refractivity (Wildman–Crippen MR) is 102 cm³/mol. The van der Waals surface area contributed by atoms with Gasteiger partial charge in [-0.3, -0.25) is 9.59 Å². The number of likely N-dealkylation sites (tertiary alicyclic amines) is 1. The lowest BCUT2D eigenvalue weighted by Gasteiger charge is -2.30. The molecule has 1 aliphatic rings. The summed E-state index contributed by atoms with van der Waals surface area (Å²) in [5.74, 6) is 0.855. The Morgan fingerprint density at radius 2 is 2.04 bits per heavy atom. The van der Waals surface area contributed by atoms with Crippen LogP contribution in [-0.4, -0.2) is 42.0 Å². The number of aryl methyl sites for hydroxylation is 1. The standard InChI is InChI=1S/C20H30N4O2/c1-14-7-11-24(12-8-14)10-4-9-22-19(25)6-5-17-15(2)18(13-21)20(26)23-16(17)3/h14H,4-12H2,1-3H3,(H,22,25)(H,23,26). The van der Waals surface area contributed by atoms with E-state index in [0.717, 1.165) is 30.1 Å². The van der Waals surface area contributed by atoms with Crippen molar-refractivity contribution in [2.45, 2.75) is 52.9 Å². The van der Waals surface area contributed by atoms with E-state index in [-0.39, 0.29) is 17.0 Å². The van der Waals surface area contributed by atoms with Crippen LogP contribution in [0.25, 0.3) is 0 Å². The van der Waals surface area contributed by atoms with E-state index >= 15 is 0 Å². The number of piperidine rings is 1. The second-order valence-corrected chi connectivity index (χ2v) is 7.40. The molecule has 0 radical (unpaired) electrons. The highest BCUT2D eigenvalue weighted by atomic mass is 16.1. The number of aromatic nitrogens is 1. The van der Waals surface area contributed by atoms with E-state index in [9.17, 15) is 9.59 Å². The van der Waals surface area contributed by atoms with E-state index < -0.39 is 0 Å². The van der Waals surface area contributed by atoms with E-state index in [1.165, 1.54) is 25.9 Å². The number of rotatable bonds is 7. The number of aromatic amines is 1. The fourth-order valence-corrected chi connectivity index (χ4v) is 3.56. The zero-order valence-electron chi connectivity index (χ0n) is 16.2. The van der Waals surface area contributed by atoms with Crippen LogP contribution >= 0.6 is 0 Å². The van der Waals surface area contributed by atoms with Crippen LogP contribution in [0, 0.1) is 31.1 Å². The summed E-state index contributed by atoms with van der Waals surface area (Å²) in [6, 6.07) is 1.95. The summed E-state index contributed by atoms with van der Waals surface area (Å²) in [6.45, 7) is 9.95. The SMILES string of the molecule is Cc1[nH]c(=O)c(C#N)c(C)c1CCC(=O)NCCCN1CCC(C)CC1. The predicted octanol–water partition coefficient (Wildman–Crippen LogP) is 2.03. The molecule has 1 fully saturated rings. The topological polar surface area (TPSA) is 89.0 Å². The van der Waals surface area contributed by atoms with Crippen LogP contribution in [0.3, 0.4) is 0 Å². The first-order valence-electron chi connectivity index (χ1n) is 9.54. The van der Waals surface area contributed by atoms with Crippen LogP contribution in [0.1, 0.15) is 55.0 Å². The summed E-state index contributed by atoms with van der Waals surface area (Å²) in [7, 11) is 0. The van der Waals surface area contributed by atoms with Crippen molar-refractivity contribution >= 4 is 5.91 Å².